The molecule has 92 valence electrons. The van der Waals surface area contributed by atoms with Crippen LogP contribution in [0.15, 0.2) is 54.6 Å². The fourth-order valence-corrected chi connectivity index (χ4v) is 2.32. The lowest BCUT2D eigenvalue weighted by atomic mass is 9.98. The molecule has 2 atom stereocenters. The van der Waals surface area contributed by atoms with Crippen molar-refractivity contribution in [1.29, 1.82) is 0 Å². The van der Waals surface area contributed by atoms with E-state index in [9.17, 15) is 0 Å². The molecule has 0 spiro atoms. The van der Waals surface area contributed by atoms with E-state index in [0.717, 1.165) is 16.1 Å². The number of hydrogen-bond donors (Lipinski definition) is 0. The summed E-state index contributed by atoms with van der Waals surface area (Å²) in [6.07, 6.45) is -0.114. The van der Waals surface area contributed by atoms with Gasteiger partial charge in [0.05, 0.1) is 0 Å². The van der Waals surface area contributed by atoms with Crippen molar-refractivity contribution in [1.82, 2.24) is 0 Å². The minimum absolute atomic E-state index is 0.0487. The van der Waals surface area contributed by atoms with Crippen molar-refractivity contribution in [2.24, 2.45) is 0 Å². The summed E-state index contributed by atoms with van der Waals surface area (Å²) in [6, 6.07) is 17.9. The van der Waals surface area contributed by atoms with E-state index in [2.05, 4.69) is 12.1 Å². The molecule has 1 aliphatic rings. The monoisotopic (exact) mass is 260 g/mol. The van der Waals surface area contributed by atoms with E-state index in [1.807, 2.05) is 42.5 Å². The molecular formula is C15H13ClO2. The van der Waals surface area contributed by atoms with Crippen molar-refractivity contribution < 1.29 is 9.47 Å². The van der Waals surface area contributed by atoms with Gasteiger partial charge in [0.25, 0.3) is 0 Å². The maximum atomic E-state index is 5.90. The maximum Gasteiger partial charge on any atom is 0.148 e. The van der Waals surface area contributed by atoms with Gasteiger partial charge in [-0.3, -0.25) is 0 Å². The molecule has 2 aromatic rings. The van der Waals surface area contributed by atoms with Gasteiger partial charge in [-0.05, 0) is 23.3 Å². The molecule has 1 heterocycles. The molecule has 0 unspecified atom stereocenters. The first-order valence-electron chi connectivity index (χ1n) is 5.88. The molecule has 2 nitrogen and oxygen atoms in total. The van der Waals surface area contributed by atoms with Crippen molar-refractivity contribution in [3.05, 3.63) is 70.7 Å². The van der Waals surface area contributed by atoms with Gasteiger partial charge in [-0.25, -0.2) is 0 Å². The second-order valence-corrected chi connectivity index (χ2v) is 4.69. The van der Waals surface area contributed by atoms with E-state index < -0.39 is 0 Å². The molecule has 18 heavy (non-hydrogen) atoms. The zero-order chi connectivity index (χ0) is 12.4. The Morgan fingerprint density at radius 2 is 1.33 bits per heavy atom. The zero-order valence-electron chi connectivity index (χ0n) is 9.75. The molecular weight excluding hydrogens is 248 g/mol. The third-order valence-electron chi connectivity index (χ3n) is 3.10. The highest BCUT2D eigenvalue weighted by atomic mass is 35.5. The van der Waals surface area contributed by atoms with Crippen LogP contribution < -0.4 is 0 Å². The number of ether oxygens (including phenoxy) is 2. The summed E-state index contributed by atoms with van der Waals surface area (Å²) in [6.45, 7) is 0.326. The molecule has 0 radical (unpaired) electrons. The van der Waals surface area contributed by atoms with Crippen LogP contribution in [-0.2, 0) is 9.47 Å². The minimum atomic E-state index is -0.0651. The van der Waals surface area contributed by atoms with Crippen LogP contribution in [0.25, 0.3) is 0 Å². The lowest BCUT2D eigenvalue weighted by Crippen LogP contribution is -2.06. The normalized spacial score (nSPS) is 23.2. The fraction of sp³-hybridized carbons (Fsp3) is 0.200. The number of hydrogen-bond acceptors (Lipinski definition) is 2. The molecule has 3 heteroatoms. The molecule has 2 aromatic carbocycles. The minimum Gasteiger partial charge on any atom is -0.344 e. The smallest absolute Gasteiger partial charge is 0.148 e. The molecule has 0 N–H and O–H groups in total. The second-order valence-electron chi connectivity index (χ2n) is 4.25. The molecule has 0 bridgehead atoms. The number of benzene rings is 2. The highest BCUT2D eigenvalue weighted by molar-refractivity contribution is 6.30. The fourth-order valence-electron chi connectivity index (χ4n) is 2.20. The van der Waals surface area contributed by atoms with E-state index in [-0.39, 0.29) is 12.2 Å². The van der Waals surface area contributed by atoms with E-state index in [1.54, 1.807) is 0 Å². The van der Waals surface area contributed by atoms with Gasteiger partial charge in [0.15, 0.2) is 0 Å². The Bertz CT molecular complexity index is 510. The zero-order valence-corrected chi connectivity index (χ0v) is 10.5. The first-order chi connectivity index (χ1) is 8.84. The van der Waals surface area contributed by atoms with Gasteiger partial charge in [-0.2, -0.15) is 0 Å². The van der Waals surface area contributed by atoms with Gasteiger partial charge in [0.1, 0.15) is 19.0 Å². The van der Waals surface area contributed by atoms with Gasteiger partial charge in [0, 0.05) is 5.02 Å². The molecule has 1 aliphatic heterocycles. The quantitative estimate of drug-likeness (QED) is 0.808. The molecule has 3 rings (SSSR count). The summed E-state index contributed by atoms with van der Waals surface area (Å²) < 4.78 is 11.4. The van der Waals surface area contributed by atoms with Crippen LogP contribution in [0.3, 0.4) is 0 Å². The van der Waals surface area contributed by atoms with Gasteiger partial charge >= 0.3 is 0 Å². The third kappa shape index (κ3) is 2.27. The standard InChI is InChI=1S/C15H13ClO2/c16-13-8-6-12(7-9-13)15-14(17-10-18-15)11-4-2-1-3-5-11/h1-9,14-15H,10H2/t14-,15+/m0/s1. The molecule has 1 saturated heterocycles. The summed E-state index contributed by atoms with van der Waals surface area (Å²) in [5.41, 5.74) is 2.22. The van der Waals surface area contributed by atoms with Crippen molar-refractivity contribution in [3.63, 3.8) is 0 Å². The lowest BCUT2D eigenvalue weighted by molar-refractivity contribution is 0.0382. The van der Waals surface area contributed by atoms with Crippen LogP contribution in [0, 0.1) is 0 Å². The van der Waals surface area contributed by atoms with Gasteiger partial charge in [-0.1, -0.05) is 54.1 Å². The summed E-state index contributed by atoms with van der Waals surface area (Å²) in [5, 5.41) is 0.730. The van der Waals surface area contributed by atoms with Crippen LogP contribution in [0.5, 0.6) is 0 Å². The summed E-state index contributed by atoms with van der Waals surface area (Å²) in [5.74, 6) is 0. The third-order valence-corrected chi connectivity index (χ3v) is 3.35. The highest BCUT2D eigenvalue weighted by Crippen LogP contribution is 2.39. The summed E-state index contributed by atoms with van der Waals surface area (Å²) >= 11 is 5.90. The summed E-state index contributed by atoms with van der Waals surface area (Å²) in [7, 11) is 0. The SMILES string of the molecule is Clc1ccc([C@H]2OCO[C@H]2c2ccccc2)cc1. The van der Waals surface area contributed by atoms with E-state index >= 15 is 0 Å². The first kappa shape index (κ1) is 11.7. The lowest BCUT2D eigenvalue weighted by Gasteiger charge is -2.17. The first-order valence-corrected chi connectivity index (χ1v) is 6.26. The Kier molecular flexibility index (Phi) is 3.33. The Hall–Kier alpha value is -1.35. The number of rotatable bonds is 2. The summed E-state index contributed by atoms with van der Waals surface area (Å²) in [4.78, 5) is 0. The van der Waals surface area contributed by atoms with Crippen molar-refractivity contribution in [2.45, 2.75) is 12.2 Å². The van der Waals surface area contributed by atoms with E-state index in [0.29, 0.717) is 6.79 Å². The Labute approximate surface area is 111 Å². The largest absolute Gasteiger partial charge is 0.344 e. The topological polar surface area (TPSA) is 18.5 Å². The molecule has 0 aromatic heterocycles. The van der Waals surface area contributed by atoms with E-state index in [4.69, 9.17) is 21.1 Å². The van der Waals surface area contributed by atoms with E-state index in [1.165, 1.54) is 0 Å². The highest BCUT2D eigenvalue weighted by Gasteiger charge is 2.31. The number of halogens is 1. The average Bonchev–Trinajstić information content (AvgIpc) is 2.90. The molecule has 0 amide bonds. The van der Waals surface area contributed by atoms with Gasteiger partial charge in [-0.15, -0.1) is 0 Å². The average molecular weight is 261 g/mol. The molecule has 0 saturated carbocycles. The van der Waals surface area contributed by atoms with Gasteiger partial charge in [0.2, 0.25) is 0 Å². The molecule has 0 aliphatic carbocycles. The molecule has 1 fully saturated rings. The van der Waals surface area contributed by atoms with Crippen molar-refractivity contribution >= 4 is 11.6 Å². The second kappa shape index (κ2) is 5.11. The van der Waals surface area contributed by atoms with Crippen LogP contribution in [0.2, 0.25) is 5.02 Å². The predicted molar refractivity (Wildman–Crippen MR) is 70.4 cm³/mol. The van der Waals surface area contributed by atoms with Crippen LogP contribution >= 0.6 is 11.6 Å². The van der Waals surface area contributed by atoms with Crippen LogP contribution in [0.4, 0.5) is 0 Å². The Balaban J connectivity index is 1.90. The Morgan fingerprint density at radius 1 is 0.778 bits per heavy atom. The van der Waals surface area contributed by atoms with Gasteiger partial charge < -0.3 is 9.47 Å². The van der Waals surface area contributed by atoms with Crippen LogP contribution in [0.1, 0.15) is 23.3 Å². The Morgan fingerprint density at radius 3 is 1.94 bits per heavy atom. The van der Waals surface area contributed by atoms with Crippen LogP contribution in [-0.4, -0.2) is 6.79 Å². The maximum absolute atomic E-state index is 5.90. The van der Waals surface area contributed by atoms with Crippen molar-refractivity contribution in [3.8, 4) is 0 Å². The van der Waals surface area contributed by atoms with Crippen molar-refractivity contribution in [2.75, 3.05) is 6.79 Å². The predicted octanol–water partition coefficient (Wildman–Crippen LogP) is 4.13.